The maximum atomic E-state index is 13.9. The lowest BCUT2D eigenvalue weighted by atomic mass is 10.1. The van der Waals surface area contributed by atoms with Crippen molar-refractivity contribution in [3.05, 3.63) is 65.7 Å². The summed E-state index contributed by atoms with van der Waals surface area (Å²) in [6.07, 6.45) is 3.35. The summed E-state index contributed by atoms with van der Waals surface area (Å²) in [5.74, 6) is 2.34. The Kier molecular flexibility index (Phi) is 6.35. The topological polar surface area (TPSA) is 70.2 Å². The zero-order valence-corrected chi connectivity index (χ0v) is 17.5. The first-order valence-electron chi connectivity index (χ1n) is 9.37. The zero-order valence-electron chi connectivity index (χ0n) is 15.9. The van der Waals surface area contributed by atoms with E-state index in [2.05, 4.69) is 25.5 Å². The number of thioether (sulfide) groups is 1. The van der Waals surface area contributed by atoms with Gasteiger partial charge in [0.2, 0.25) is 0 Å². The maximum absolute atomic E-state index is 13.9. The number of urea groups is 1. The van der Waals surface area contributed by atoms with Gasteiger partial charge < -0.3 is 15.5 Å². The van der Waals surface area contributed by atoms with Crippen molar-refractivity contribution < 1.29 is 9.18 Å². The smallest absolute Gasteiger partial charge is 0.323 e. The van der Waals surface area contributed by atoms with Crippen molar-refractivity contribution in [2.45, 2.75) is 0 Å². The number of amides is 2. The molecule has 30 heavy (non-hydrogen) atoms. The Hall–Kier alpha value is -2.84. The van der Waals surface area contributed by atoms with Crippen molar-refractivity contribution in [1.82, 2.24) is 9.97 Å². The number of hydrogen-bond acceptors (Lipinski definition) is 5. The van der Waals surface area contributed by atoms with Crippen molar-refractivity contribution in [2.75, 3.05) is 40.1 Å². The normalized spacial score (nSPS) is 13.7. The Morgan fingerprint density at radius 1 is 1.07 bits per heavy atom. The minimum absolute atomic E-state index is 0.0484. The van der Waals surface area contributed by atoms with Crippen LogP contribution in [-0.4, -0.2) is 40.6 Å². The Bertz CT molecular complexity index is 1060. The number of aromatic nitrogens is 2. The number of nitrogens with one attached hydrogen (secondary N) is 2. The van der Waals surface area contributed by atoms with Crippen LogP contribution in [0, 0.1) is 5.82 Å². The second-order valence-electron chi connectivity index (χ2n) is 6.61. The lowest BCUT2D eigenvalue weighted by Crippen LogP contribution is -2.33. The molecule has 2 amide bonds. The van der Waals surface area contributed by atoms with Crippen LogP contribution in [-0.2, 0) is 0 Å². The third-order valence-corrected chi connectivity index (χ3v) is 5.74. The van der Waals surface area contributed by atoms with Gasteiger partial charge in [0.15, 0.2) is 5.82 Å². The van der Waals surface area contributed by atoms with Crippen LogP contribution in [0.5, 0.6) is 0 Å². The number of hydrogen-bond donors (Lipinski definition) is 2. The van der Waals surface area contributed by atoms with Crippen LogP contribution in [0.25, 0.3) is 11.3 Å². The highest BCUT2D eigenvalue weighted by Gasteiger charge is 2.18. The van der Waals surface area contributed by atoms with Crippen LogP contribution in [0.1, 0.15) is 0 Å². The molecule has 1 aliphatic rings. The van der Waals surface area contributed by atoms with Gasteiger partial charge in [-0.1, -0.05) is 23.7 Å². The van der Waals surface area contributed by atoms with Crippen molar-refractivity contribution in [1.29, 1.82) is 0 Å². The van der Waals surface area contributed by atoms with Crippen molar-refractivity contribution >= 4 is 46.6 Å². The molecule has 2 heterocycles. The van der Waals surface area contributed by atoms with E-state index in [0.29, 0.717) is 5.69 Å². The summed E-state index contributed by atoms with van der Waals surface area (Å²) < 4.78 is 13.9. The highest BCUT2D eigenvalue weighted by Crippen LogP contribution is 2.30. The van der Waals surface area contributed by atoms with Crippen LogP contribution in [0.2, 0.25) is 5.02 Å². The molecule has 154 valence electrons. The van der Waals surface area contributed by atoms with Crippen molar-refractivity contribution in [2.24, 2.45) is 0 Å². The predicted octanol–water partition coefficient (Wildman–Crippen LogP) is 5.13. The number of carbonyl (C=O) groups excluding carboxylic acids is 1. The molecule has 6 nitrogen and oxygen atoms in total. The first-order chi connectivity index (χ1) is 14.6. The average Bonchev–Trinajstić information content (AvgIpc) is 2.76. The number of benzene rings is 2. The zero-order chi connectivity index (χ0) is 20.9. The van der Waals surface area contributed by atoms with Gasteiger partial charge in [-0.2, -0.15) is 11.8 Å². The molecule has 1 aromatic heterocycles. The molecule has 0 aliphatic carbocycles. The molecular formula is C21H19ClFN5OS. The fraction of sp³-hybridized carbons (Fsp3) is 0.190. The number of anilines is 3. The van der Waals surface area contributed by atoms with Gasteiger partial charge in [0, 0.05) is 53.3 Å². The monoisotopic (exact) mass is 443 g/mol. The standard InChI is InChI=1S/C21H19ClFN5OS/c22-15-4-5-18(17(23)13-15)27-21(29)26-16-3-1-2-14(12-16)19-20(25-7-6-24-19)28-8-10-30-11-9-28/h1-7,12-13H,8-11H2,(H2,26,27,29). The lowest BCUT2D eigenvalue weighted by molar-refractivity contribution is 0.262. The molecule has 1 saturated heterocycles. The quantitative estimate of drug-likeness (QED) is 0.584. The van der Waals surface area contributed by atoms with Crippen molar-refractivity contribution in [3.8, 4) is 11.3 Å². The maximum Gasteiger partial charge on any atom is 0.323 e. The van der Waals surface area contributed by atoms with E-state index in [1.807, 2.05) is 30.0 Å². The molecule has 1 fully saturated rings. The van der Waals surface area contributed by atoms with Gasteiger partial charge in [-0.15, -0.1) is 0 Å². The minimum atomic E-state index is -0.602. The second kappa shape index (κ2) is 9.32. The van der Waals surface area contributed by atoms with Gasteiger partial charge in [-0.05, 0) is 30.3 Å². The molecule has 2 aromatic carbocycles. The largest absolute Gasteiger partial charge is 0.353 e. The molecule has 9 heteroatoms. The van der Waals surface area contributed by atoms with Crippen molar-refractivity contribution in [3.63, 3.8) is 0 Å². The third-order valence-electron chi connectivity index (χ3n) is 4.56. The average molecular weight is 444 g/mol. The number of nitrogens with zero attached hydrogens (tertiary/aromatic N) is 3. The van der Waals surface area contributed by atoms with E-state index in [1.54, 1.807) is 18.5 Å². The summed E-state index contributed by atoms with van der Waals surface area (Å²) in [5.41, 5.74) is 2.21. The first kappa shape index (κ1) is 20.4. The van der Waals surface area contributed by atoms with E-state index in [1.165, 1.54) is 12.1 Å². The summed E-state index contributed by atoms with van der Waals surface area (Å²) in [6.45, 7) is 1.84. The van der Waals surface area contributed by atoms with Crippen LogP contribution in [0.3, 0.4) is 0 Å². The summed E-state index contributed by atoms with van der Waals surface area (Å²) >= 11 is 7.67. The second-order valence-corrected chi connectivity index (χ2v) is 8.27. The summed E-state index contributed by atoms with van der Waals surface area (Å²) in [7, 11) is 0. The fourth-order valence-corrected chi connectivity index (χ4v) is 4.22. The molecule has 0 atom stereocenters. The van der Waals surface area contributed by atoms with Crippen LogP contribution in [0.15, 0.2) is 54.9 Å². The van der Waals surface area contributed by atoms with Gasteiger partial charge in [0.05, 0.1) is 5.69 Å². The molecule has 0 saturated carbocycles. The molecule has 0 spiro atoms. The van der Waals surface area contributed by atoms with Gasteiger partial charge in [0.1, 0.15) is 11.5 Å². The van der Waals surface area contributed by atoms with Gasteiger partial charge in [-0.25, -0.2) is 14.2 Å². The highest BCUT2D eigenvalue weighted by molar-refractivity contribution is 7.99. The molecule has 4 rings (SSSR count). The summed E-state index contributed by atoms with van der Waals surface area (Å²) in [4.78, 5) is 23.6. The summed E-state index contributed by atoms with van der Waals surface area (Å²) in [6, 6.07) is 10.9. The molecule has 3 aromatic rings. The Balaban J connectivity index is 1.53. The molecule has 0 radical (unpaired) electrons. The number of carbonyl (C=O) groups is 1. The fourth-order valence-electron chi connectivity index (χ4n) is 3.16. The van der Waals surface area contributed by atoms with Crippen LogP contribution >= 0.6 is 23.4 Å². The van der Waals surface area contributed by atoms with Gasteiger partial charge in [0.25, 0.3) is 0 Å². The van der Waals surface area contributed by atoms with E-state index >= 15 is 0 Å². The highest BCUT2D eigenvalue weighted by atomic mass is 35.5. The Morgan fingerprint density at radius 3 is 2.67 bits per heavy atom. The SMILES string of the molecule is O=C(Nc1cccc(-c2nccnc2N2CCSCC2)c1)Nc1ccc(Cl)cc1F. The third kappa shape index (κ3) is 4.83. The Morgan fingerprint density at radius 2 is 1.87 bits per heavy atom. The van der Waals surface area contributed by atoms with Crippen LogP contribution < -0.4 is 15.5 Å². The van der Waals surface area contributed by atoms with E-state index < -0.39 is 11.8 Å². The van der Waals surface area contributed by atoms with E-state index in [-0.39, 0.29) is 10.7 Å². The number of rotatable bonds is 4. The lowest BCUT2D eigenvalue weighted by Gasteiger charge is -2.28. The predicted molar refractivity (Wildman–Crippen MR) is 121 cm³/mol. The minimum Gasteiger partial charge on any atom is -0.353 e. The van der Waals surface area contributed by atoms with Gasteiger partial charge >= 0.3 is 6.03 Å². The molecule has 2 N–H and O–H groups in total. The van der Waals surface area contributed by atoms with E-state index in [9.17, 15) is 9.18 Å². The van der Waals surface area contributed by atoms with Gasteiger partial charge in [-0.3, -0.25) is 4.98 Å². The number of halogens is 2. The molecule has 0 unspecified atom stereocenters. The van der Waals surface area contributed by atoms with E-state index in [0.717, 1.165) is 47.7 Å². The first-order valence-corrected chi connectivity index (χ1v) is 10.9. The molecular weight excluding hydrogens is 425 g/mol. The van der Waals surface area contributed by atoms with E-state index in [4.69, 9.17) is 11.6 Å². The molecule has 1 aliphatic heterocycles. The Labute approximate surface area is 182 Å². The summed E-state index contributed by atoms with van der Waals surface area (Å²) in [5, 5.41) is 5.47. The van der Waals surface area contributed by atoms with Crippen LogP contribution in [0.4, 0.5) is 26.4 Å². The molecule has 0 bridgehead atoms.